The Hall–Kier alpha value is -2.32. The molecule has 0 aliphatic heterocycles. The van der Waals surface area contributed by atoms with Crippen molar-refractivity contribution in [2.45, 2.75) is 56.6 Å². The number of hydrogen-bond donors (Lipinski definition) is 2. The maximum Gasteiger partial charge on any atom is 0.414 e. The Bertz CT molecular complexity index is 935. The van der Waals surface area contributed by atoms with Gasteiger partial charge < -0.3 is 10.1 Å². The van der Waals surface area contributed by atoms with E-state index in [9.17, 15) is 14.4 Å². The van der Waals surface area contributed by atoms with Crippen LogP contribution in [0.3, 0.4) is 0 Å². The predicted molar refractivity (Wildman–Crippen MR) is 121 cm³/mol. The number of anilines is 1. The van der Waals surface area contributed by atoms with Crippen LogP contribution in [0.25, 0.3) is 0 Å². The zero-order valence-corrected chi connectivity index (χ0v) is 19.0. The van der Waals surface area contributed by atoms with Crippen LogP contribution in [-0.2, 0) is 17.6 Å². The summed E-state index contributed by atoms with van der Waals surface area (Å²) >= 11 is 3.15. The van der Waals surface area contributed by atoms with Crippen molar-refractivity contribution < 1.29 is 19.1 Å². The number of thiophene rings is 1. The summed E-state index contributed by atoms with van der Waals surface area (Å²) in [6, 6.07) is 7.42. The highest BCUT2D eigenvalue weighted by Crippen LogP contribution is 2.38. The molecule has 6 nitrogen and oxygen atoms in total. The van der Waals surface area contributed by atoms with Crippen LogP contribution in [-0.4, -0.2) is 29.8 Å². The van der Waals surface area contributed by atoms with Gasteiger partial charge in [-0.05, 0) is 62.4 Å². The molecule has 2 N–H and O–H groups in total. The number of hydrogen-bond acceptors (Lipinski definition) is 6. The van der Waals surface area contributed by atoms with E-state index in [1.807, 2.05) is 12.1 Å². The fourth-order valence-corrected chi connectivity index (χ4v) is 5.47. The van der Waals surface area contributed by atoms with E-state index in [0.29, 0.717) is 21.4 Å². The Morgan fingerprint density at radius 1 is 1.10 bits per heavy atom. The van der Waals surface area contributed by atoms with Crippen LogP contribution in [0.1, 0.15) is 64.8 Å². The number of ether oxygens (including phenoxy) is 1. The summed E-state index contributed by atoms with van der Waals surface area (Å²) in [4.78, 5) is 39.5. The maximum absolute atomic E-state index is 12.8. The number of aryl methyl sites for hydroxylation is 1. The lowest BCUT2D eigenvalue weighted by Crippen LogP contribution is -2.32. The molecule has 0 fully saturated rings. The van der Waals surface area contributed by atoms with Crippen molar-refractivity contribution in [1.29, 1.82) is 0 Å². The van der Waals surface area contributed by atoms with Crippen LogP contribution < -0.4 is 10.6 Å². The number of alkyl carbamates (subject to hydrolysis) is 1. The largest absolute Gasteiger partial charge is 0.450 e. The van der Waals surface area contributed by atoms with Crippen LogP contribution in [0.15, 0.2) is 29.2 Å². The number of nitrogens with one attached hydrogen (secondary N) is 2. The number of imide groups is 1. The van der Waals surface area contributed by atoms with Gasteiger partial charge >= 0.3 is 6.09 Å². The molecule has 8 heteroatoms. The number of fused-ring (bicyclic) bond motifs is 1. The molecule has 0 bridgehead atoms. The Balaban J connectivity index is 1.82. The van der Waals surface area contributed by atoms with E-state index in [0.717, 1.165) is 41.0 Å². The minimum absolute atomic E-state index is 0.176. The Morgan fingerprint density at radius 3 is 2.47 bits per heavy atom. The molecular formula is C22H26N2O4S2. The third kappa shape index (κ3) is 5.43. The van der Waals surface area contributed by atoms with Crippen molar-refractivity contribution in [3.8, 4) is 0 Å². The summed E-state index contributed by atoms with van der Waals surface area (Å²) < 4.78 is 4.83. The van der Waals surface area contributed by atoms with Crippen molar-refractivity contribution >= 4 is 46.0 Å². The minimum Gasteiger partial charge on any atom is -0.450 e. The standard InChI is InChI=1S/C22H26N2O4S2/c1-4-28-22(27)24-20(26)18-16-7-5-6-8-17(16)30-21(18)23-19(25)14-9-11-15(12-10-14)29-13(2)3/h9-13H,4-8H2,1-3H3,(H,23,25)(H,24,26,27). The summed E-state index contributed by atoms with van der Waals surface area (Å²) in [7, 11) is 0. The van der Waals surface area contributed by atoms with E-state index in [1.165, 1.54) is 11.3 Å². The van der Waals surface area contributed by atoms with E-state index >= 15 is 0 Å². The third-order valence-corrected chi connectivity index (χ3v) is 6.83. The number of carbonyl (C=O) groups excluding carboxylic acids is 3. The second kappa shape index (κ2) is 10.1. The molecule has 0 unspecified atom stereocenters. The van der Waals surface area contributed by atoms with Gasteiger partial charge in [-0.2, -0.15) is 0 Å². The summed E-state index contributed by atoms with van der Waals surface area (Å²) in [5.74, 6) is -0.813. The lowest BCUT2D eigenvalue weighted by molar-refractivity contribution is 0.0925. The summed E-state index contributed by atoms with van der Waals surface area (Å²) in [5.41, 5.74) is 1.82. The SMILES string of the molecule is CCOC(=O)NC(=O)c1c(NC(=O)c2ccc(SC(C)C)cc2)sc2c1CCCC2. The first-order valence-corrected chi connectivity index (χ1v) is 11.8. The molecule has 0 radical (unpaired) electrons. The third-order valence-electron chi connectivity index (χ3n) is 4.60. The molecule has 1 aliphatic rings. The first-order chi connectivity index (χ1) is 14.4. The van der Waals surface area contributed by atoms with Crippen molar-refractivity contribution in [3.63, 3.8) is 0 Å². The highest BCUT2D eigenvalue weighted by Gasteiger charge is 2.27. The molecule has 160 valence electrons. The van der Waals surface area contributed by atoms with Crippen LogP contribution in [0, 0.1) is 0 Å². The van der Waals surface area contributed by atoms with Crippen molar-refractivity contribution in [2.24, 2.45) is 0 Å². The molecule has 0 atom stereocenters. The molecular weight excluding hydrogens is 420 g/mol. The van der Waals surface area contributed by atoms with Gasteiger partial charge in [0, 0.05) is 20.6 Å². The molecule has 0 spiro atoms. The Kier molecular flexibility index (Phi) is 7.55. The van der Waals surface area contributed by atoms with Crippen LogP contribution in [0.4, 0.5) is 9.80 Å². The summed E-state index contributed by atoms with van der Waals surface area (Å²) in [5, 5.41) is 6.10. The van der Waals surface area contributed by atoms with Gasteiger partial charge in [0.15, 0.2) is 0 Å². The maximum atomic E-state index is 12.8. The summed E-state index contributed by atoms with van der Waals surface area (Å²) in [6.45, 7) is 6.09. The monoisotopic (exact) mass is 446 g/mol. The molecule has 30 heavy (non-hydrogen) atoms. The van der Waals surface area contributed by atoms with E-state index in [4.69, 9.17) is 4.74 Å². The smallest absolute Gasteiger partial charge is 0.414 e. The predicted octanol–water partition coefficient (Wildman–Crippen LogP) is 5.27. The van der Waals surface area contributed by atoms with Crippen molar-refractivity contribution in [3.05, 3.63) is 45.8 Å². The first-order valence-electron chi connectivity index (χ1n) is 10.1. The molecule has 1 aliphatic carbocycles. The van der Waals surface area contributed by atoms with Crippen molar-refractivity contribution in [2.75, 3.05) is 11.9 Å². The average Bonchev–Trinajstić information content (AvgIpc) is 3.06. The number of carbonyl (C=O) groups is 3. The van der Waals surface area contributed by atoms with Crippen LogP contribution in [0.5, 0.6) is 0 Å². The van der Waals surface area contributed by atoms with Crippen molar-refractivity contribution in [1.82, 2.24) is 5.32 Å². The topological polar surface area (TPSA) is 84.5 Å². The normalized spacial score (nSPS) is 12.9. The molecule has 1 aromatic carbocycles. The molecule has 1 aromatic heterocycles. The van der Waals surface area contributed by atoms with Gasteiger partial charge in [0.05, 0.1) is 12.2 Å². The van der Waals surface area contributed by atoms with E-state index < -0.39 is 12.0 Å². The molecule has 3 rings (SSSR count). The van der Waals surface area contributed by atoms with E-state index in [1.54, 1.807) is 30.8 Å². The van der Waals surface area contributed by atoms with Gasteiger partial charge in [-0.3, -0.25) is 14.9 Å². The summed E-state index contributed by atoms with van der Waals surface area (Å²) in [6.07, 6.45) is 2.87. The first kappa shape index (κ1) is 22.4. The van der Waals surface area contributed by atoms with Gasteiger partial charge in [-0.15, -0.1) is 23.1 Å². The highest BCUT2D eigenvalue weighted by atomic mass is 32.2. The second-order valence-electron chi connectivity index (χ2n) is 7.23. The average molecular weight is 447 g/mol. The number of amides is 3. The van der Waals surface area contributed by atoms with Crippen LogP contribution in [0.2, 0.25) is 0 Å². The van der Waals surface area contributed by atoms with Gasteiger partial charge in [0.2, 0.25) is 0 Å². The quantitative estimate of drug-likeness (QED) is 0.591. The Morgan fingerprint density at radius 2 is 1.80 bits per heavy atom. The highest BCUT2D eigenvalue weighted by molar-refractivity contribution is 7.99. The number of rotatable bonds is 6. The van der Waals surface area contributed by atoms with E-state index in [2.05, 4.69) is 24.5 Å². The van der Waals surface area contributed by atoms with Gasteiger partial charge in [-0.1, -0.05) is 13.8 Å². The van der Waals surface area contributed by atoms with Gasteiger partial charge in [0.25, 0.3) is 11.8 Å². The fraction of sp³-hybridized carbons (Fsp3) is 0.409. The Labute approximate surface area is 184 Å². The zero-order chi connectivity index (χ0) is 21.7. The zero-order valence-electron chi connectivity index (χ0n) is 17.4. The molecule has 0 saturated heterocycles. The molecule has 0 saturated carbocycles. The van der Waals surface area contributed by atoms with Gasteiger partial charge in [0.1, 0.15) is 5.00 Å². The lowest BCUT2D eigenvalue weighted by atomic mass is 9.95. The molecule has 3 amide bonds. The van der Waals surface area contributed by atoms with E-state index in [-0.39, 0.29) is 12.5 Å². The lowest BCUT2D eigenvalue weighted by Gasteiger charge is -2.13. The number of thioether (sulfide) groups is 1. The number of benzene rings is 1. The van der Waals surface area contributed by atoms with Gasteiger partial charge in [-0.25, -0.2) is 4.79 Å². The molecule has 2 aromatic rings. The minimum atomic E-state index is -0.784. The molecule has 1 heterocycles. The fourth-order valence-electron chi connectivity index (χ4n) is 3.35. The second-order valence-corrected chi connectivity index (χ2v) is 9.99. The van der Waals surface area contributed by atoms with Crippen LogP contribution >= 0.6 is 23.1 Å².